The number of rotatable bonds is 7. The highest BCUT2D eigenvalue weighted by Crippen LogP contribution is 2.23. The minimum atomic E-state index is -0.686. The summed E-state index contributed by atoms with van der Waals surface area (Å²) in [6.07, 6.45) is -0.686. The van der Waals surface area contributed by atoms with Gasteiger partial charge in [-0.15, -0.1) is 11.6 Å². The van der Waals surface area contributed by atoms with E-state index in [-0.39, 0.29) is 30.3 Å². The smallest absolute Gasteiger partial charge is 0.342 e. The summed E-state index contributed by atoms with van der Waals surface area (Å²) in [5, 5.41) is 22.2. The molecule has 0 spiro atoms. The summed E-state index contributed by atoms with van der Waals surface area (Å²) in [6, 6.07) is 13.8. The van der Waals surface area contributed by atoms with Crippen molar-refractivity contribution in [1.29, 1.82) is 0 Å². The first-order valence-electron chi connectivity index (χ1n) is 7.12. The Morgan fingerprint density at radius 1 is 1.22 bits per heavy atom. The molecule has 0 saturated carbocycles. The number of hydrogen-bond donors (Lipinski definition) is 3. The topological polar surface area (TPSA) is 78.8 Å². The molecule has 2 aromatic carbocycles. The van der Waals surface area contributed by atoms with Gasteiger partial charge in [0.1, 0.15) is 17.9 Å². The molecule has 0 aliphatic rings. The van der Waals surface area contributed by atoms with E-state index in [2.05, 4.69) is 5.32 Å². The van der Waals surface area contributed by atoms with Gasteiger partial charge in [0.25, 0.3) is 0 Å². The van der Waals surface area contributed by atoms with E-state index < -0.39 is 12.1 Å². The number of hydrogen-bond acceptors (Lipinski definition) is 5. The molecule has 0 amide bonds. The lowest BCUT2D eigenvalue weighted by molar-refractivity contribution is 0.0469. The normalized spacial score (nSPS) is 11.7. The number of anilines is 1. The van der Waals surface area contributed by atoms with Gasteiger partial charge in [0.05, 0.1) is 12.0 Å². The van der Waals surface area contributed by atoms with Crippen molar-refractivity contribution in [3.05, 3.63) is 59.7 Å². The number of phenols is 1. The molecular weight excluding hydrogens is 318 g/mol. The Labute approximate surface area is 139 Å². The number of benzene rings is 2. The number of alkyl halides is 1. The van der Waals surface area contributed by atoms with Crippen molar-refractivity contribution in [3.8, 4) is 5.75 Å². The van der Waals surface area contributed by atoms with Crippen molar-refractivity contribution in [2.45, 2.75) is 12.7 Å². The third kappa shape index (κ3) is 5.16. The van der Waals surface area contributed by atoms with E-state index in [9.17, 15) is 15.0 Å². The fourth-order valence-corrected chi connectivity index (χ4v) is 2.01. The average molecular weight is 336 g/mol. The van der Waals surface area contributed by atoms with Crippen molar-refractivity contribution >= 4 is 23.3 Å². The number of halogens is 1. The summed E-state index contributed by atoms with van der Waals surface area (Å²) in [5.41, 5.74) is 1.53. The van der Waals surface area contributed by atoms with Crippen LogP contribution >= 0.6 is 11.6 Å². The summed E-state index contributed by atoms with van der Waals surface area (Å²) in [5.74, 6) is -0.671. The van der Waals surface area contributed by atoms with E-state index in [1.54, 1.807) is 6.07 Å². The van der Waals surface area contributed by atoms with Crippen LogP contribution < -0.4 is 5.32 Å². The minimum Gasteiger partial charge on any atom is -0.507 e. The number of aromatic hydroxyl groups is 1. The Balaban J connectivity index is 1.95. The fourth-order valence-electron chi connectivity index (χ4n) is 1.91. The third-order valence-corrected chi connectivity index (χ3v) is 3.51. The molecule has 0 heterocycles. The second kappa shape index (κ2) is 8.41. The molecule has 23 heavy (non-hydrogen) atoms. The van der Waals surface area contributed by atoms with Gasteiger partial charge in [-0.2, -0.15) is 0 Å². The van der Waals surface area contributed by atoms with E-state index in [4.69, 9.17) is 16.3 Å². The number of carbonyl (C=O) groups is 1. The highest BCUT2D eigenvalue weighted by molar-refractivity contribution is 6.18. The number of aliphatic hydroxyl groups is 1. The van der Waals surface area contributed by atoms with Crippen LogP contribution in [0, 0.1) is 0 Å². The maximum atomic E-state index is 12.0. The molecule has 0 radical (unpaired) electrons. The predicted molar refractivity (Wildman–Crippen MR) is 88.9 cm³/mol. The number of aliphatic hydroxyl groups excluding tert-OH is 1. The van der Waals surface area contributed by atoms with Crippen LogP contribution in [-0.2, 0) is 11.3 Å². The monoisotopic (exact) mass is 335 g/mol. The lowest BCUT2D eigenvalue weighted by atomic mass is 10.1. The quantitative estimate of drug-likeness (QED) is 0.535. The Bertz CT molecular complexity index is 648. The number of phenolic OH excluding ortho intramolecular Hbond substituents is 1. The first-order valence-corrected chi connectivity index (χ1v) is 7.65. The summed E-state index contributed by atoms with van der Waals surface area (Å²) < 4.78 is 5.17. The van der Waals surface area contributed by atoms with Crippen LogP contribution in [0.15, 0.2) is 48.5 Å². The zero-order valence-corrected chi connectivity index (χ0v) is 13.2. The van der Waals surface area contributed by atoms with Crippen LogP contribution in [0.4, 0.5) is 5.69 Å². The summed E-state index contributed by atoms with van der Waals surface area (Å²) in [6.45, 7) is 0.391. The molecule has 2 aromatic rings. The molecule has 0 bridgehead atoms. The lowest BCUT2D eigenvalue weighted by Gasteiger charge is -2.12. The van der Waals surface area contributed by atoms with E-state index in [1.165, 1.54) is 12.1 Å². The third-order valence-electron chi connectivity index (χ3n) is 3.15. The van der Waals surface area contributed by atoms with Gasteiger partial charge < -0.3 is 20.3 Å². The van der Waals surface area contributed by atoms with Gasteiger partial charge in [-0.1, -0.05) is 30.3 Å². The van der Waals surface area contributed by atoms with Crippen LogP contribution in [0.2, 0.25) is 0 Å². The van der Waals surface area contributed by atoms with Gasteiger partial charge in [-0.05, 0) is 17.7 Å². The van der Waals surface area contributed by atoms with Crippen LogP contribution in [-0.4, -0.2) is 34.7 Å². The van der Waals surface area contributed by atoms with Crippen LogP contribution in [0.3, 0.4) is 0 Å². The zero-order chi connectivity index (χ0) is 16.7. The molecule has 0 aliphatic heterocycles. The predicted octanol–water partition coefficient (Wildman–Crippen LogP) is 2.76. The molecule has 0 aliphatic carbocycles. The van der Waals surface area contributed by atoms with Gasteiger partial charge in [-0.25, -0.2) is 4.79 Å². The zero-order valence-electron chi connectivity index (χ0n) is 12.4. The molecule has 1 atom stereocenters. The number of ether oxygens (including phenoxy) is 1. The molecule has 6 heteroatoms. The van der Waals surface area contributed by atoms with Crippen molar-refractivity contribution in [2.24, 2.45) is 0 Å². The largest absolute Gasteiger partial charge is 0.507 e. The first-order chi connectivity index (χ1) is 11.1. The van der Waals surface area contributed by atoms with Crippen LogP contribution in [0.25, 0.3) is 0 Å². The highest BCUT2D eigenvalue weighted by atomic mass is 35.5. The molecule has 3 N–H and O–H groups in total. The van der Waals surface area contributed by atoms with Gasteiger partial charge in [-0.3, -0.25) is 0 Å². The summed E-state index contributed by atoms with van der Waals surface area (Å²) >= 11 is 5.50. The summed E-state index contributed by atoms with van der Waals surface area (Å²) in [4.78, 5) is 12.0. The highest BCUT2D eigenvalue weighted by Gasteiger charge is 2.13. The average Bonchev–Trinajstić information content (AvgIpc) is 2.58. The Kier molecular flexibility index (Phi) is 6.26. The molecule has 0 aromatic heterocycles. The van der Waals surface area contributed by atoms with E-state index in [0.29, 0.717) is 5.69 Å². The summed E-state index contributed by atoms with van der Waals surface area (Å²) in [7, 11) is 0. The number of carbonyl (C=O) groups excluding carboxylic acids is 1. The van der Waals surface area contributed by atoms with Gasteiger partial charge in [0, 0.05) is 18.3 Å². The van der Waals surface area contributed by atoms with Crippen molar-refractivity contribution in [1.82, 2.24) is 0 Å². The molecule has 1 unspecified atom stereocenters. The van der Waals surface area contributed by atoms with Crippen molar-refractivity contribution in [3.63, 3.8) is 0 Å². The minimum absolute atomic E-state index is 0.0874. The number of nitrogens with one attached hydrogen (secondary N) is 1. The molecule has 2 rings (SSSR count). The second-order valence-electron chi connectivity index (χ2n) is 4.98. The maximum absolute atomic E-state index is 12.0. The van der Waals surface area contributed by atoms with Crippen LogP contribution in [0.1, 0.15) is 15.9 Å². The van der Waals surface area contributed by atoms with Crippen LogP contribution in [0.5, 0.6) is 5.75 Å². The molecule has 0 fully saturated rings. The van der Waals surface area contributed by atoms with Crippen molar-refractivity contribution in [2.75, 3.05) is 17.7 Å². The molecule has 0 saturated heterocycles. The molecular formula is C17H18ClNO4. The number of esters is 1. The van der Waals surface area contributed by atoms with E-state index in [0.717, 1.165) is 5.56 Å². The Morgan fingerprint density at radius 2 is 1.96 bits per heavy atom. The molecule has 122 valence electrons. The van der Waals surface area contributed by atoms with Gasteiger partial charge >= 0.3 is 5.97 Å². The Morgan fingerprint density at radius 3 is 2.61 bits per heavy atom. The maximum Gasteiger partial charge on any atom is 0.342 e. The second-order valence-corrected chi connectivity index (χ2v) is 5.29. The Hall–Kier alpha value is -2.24. The standard InChI is InChI=1S/C17H18ClNO4/c18-9-14(20)10-19-13-6-7-15(16(21)8-13)17(22)23-11-12-4-2-1-3-5-12/h1-8,14,19-21H,9-11H2. The van der Waals surface area contributed by atoms with E-state index in [1.807, 2.05) is 30.3 Å². The van der Waals surface area contributed by atoms with E-state index >= 15 is 0 Å². The lowest BCUT2D eigenvalue weighted by Crippen LogP contribution is -2.20. The van der Waals surface area contributed by atoms with Crippen molar-refractivity contribution < 1.29 is 19.7 Å². The SMILES string of the molecule is O=C(OCc1ccccc1)c1ccc(NCC(O)CCl)cc1O. The first kappa shape index (κ1) is 17.1. The fraction of sp³-hybridized carbons (Fsp3) is 0.235. The van der Waals surface area contributed by atoms with Gasteiger partial charge in [0.2, 0.25) is 0 Å². The van der Waals surface area contributed by atoms with Gasteiger partial charge in [0.15, 0.2) is 0 Å². The molecule has 5 nitrogen and oxygen atoms in total.